The van der Waals surface area contributed by atoms with Gasteiger partial charge in [0.1, 0.15) is 6.04 Å². The fourth-order valence-electron chi connectivity index (χ4n) is 2.27. The zero-order valence-corrected chi connectivity index (χ0v) is 10.0. The van der Waals surface area contributed by atoms with Crippen LogP contribution < -0.4 is 0 Å². The number of amides is 1. The van der Waals surface area contributed by atoms with Crippen molar-refractivity contribution in [1.29, 1.82) is 0 Å². The van der Waals surface area contributed by atoms with E-state index >= 15 is 0 Å². The first-order chi connectivity index (χ1) is 8.63. The molecule has 2 N–H and O–H groups in total. The Morgan fingerprint density at radius 1 is 1.56 bits per heavy atom. The molecule has 0 radical (unpaired) electrons. The van der Waals surface area contributed by atoms with Crippen LogP contribution in [0.15, 0.2) is 0 Å². The molecule has 8 heteroatoms. The predicted octanol–water partition coefficient (Wildman–Crippen LogP) is -0.0849. The highest BCUT2D eigenvalue weighted by Gasteiger charge is 2.37. The second kappa shape index (κ2) is 5.11. The summed E-state index contributed by atoms with van der Waals surface area (Å²) in [5.41, 5.74) is 0. The SMILES string of the molecule is CCC1CCN(C(=O)c2nn[nH]n2)C(C(=O)O)C1. The van der Waals surface area contributed by atoms with Gasteiger partial charge in [0.05, 0.1) is 0 Å². The lowest BCUT2D eigenvalue weighted by Crippen LogP contribution is -2.50. The maximum atomic E-state index is 12.0. The molecule has 0 bridgehead atoms. The Labute approximate surface area is 103 Å². The minimum atomic E-state index is -0.981. The fourth-order valence-corrected chi connectivity index (χ4v) is 2.27. The summed E-state index contributed by atoms with van der Waals surface area (Å²) in [6, 6.07) is -0.797. The Kier molecular flexibility index (Phi) is 3.54. The topological polar surface area (TPSA) is 112 Å². The van der Waals surface area contributed by atoms with Gasteiger partial charge in [0.15, 0.2) is 0 Å². The van der Waals surface area contributed by atoms with Crippen LogP contribution in [0.4, 0.5) is 0 Å². The quantitative estimate of drug-likeness (QED) is 0.778. The monoisotopic (exact) mass is 253 g/mol. The highest BCUT2D eigenvalue weighted by atomic mass is 16.4. The summed E-state index contributed by atoms with van der Waals surface area (Å²) in [5.74, 6) is -1.20. The lowest BCUT2D eigenvalue weighted by molar-refractivity contribution is -0.144. The number of nitrogens with one attached hydrogen (secondary N) is 1. The van der Waals surface area contributed by atoms with Crippen LogP contribution in [0.1, 0.15) is 36.8 Å². The number of carbonyl (C=O) groups is 2. The van der Waals surface area contributed by atoms with Crippen LogP contribution in [0.5, 0.6) is 0 Å². The highest BCUT2D eigenvalue weighted by Crippen LogP contribution is 2.26. The first kappa shape index (κ1) is 12.5. The van der Waals surface area contributed by atoms with Crippen molar-refractivity contribution >= 4 is 11.9 Å². The second-order valence-electron chi connectivity index (χ2n) is 4.39. The molecule has 8 nitrogen and oxygen atoms in total. The first-order valence-electron chi connectivity index (χ1n) is 5.90. The number of carbonyl (C=O) groups excluding carboxylic acids is 1. The molecular formula is C10H15N5O3. The standard InChI is InChI=1S/C10H15N5O3/c1-2-6-3-4-15(7(5-6)10(17)18)9(16)8-11-13-14-12-8/h6-7H,2-5H2,1H3,(H,17,18)(H,11,12,13,14). The van der Waals surface area contributed by atoms with E-state index in [1.165, 1.54) is 4.90 Å². The maximum Gasteiger partial charge on any atom is 0.326 e. The third-order valence-electron chi connectivity index (χ3n) is 3.37. The normalized spacial score (nSPS) is 23.9. The van der Waals surface area contributed by atoms with Gasteiger partial charge in [0, 0.05) is 6.54 Å². The van der Waals surface area contributed by atoms with Crippen LogP contribution in [-0.4, -0.2) is 55.1 Å². The Bertz CT molecular complexity index is 433. The van der Waals surface area contributed by atoms with Crippen LogP contribution >= 0.6 is 0 Å². The van der Waals surface area contributed by atoms with Gasteiger partial charge < -0.3 is 10.0 Å². The number of aromatic nitrogens is 4. The summed E-state index contributed by atoms with van der Waals surface area (Å²) < 4.78 is 0. The summed E-state index contributed by atoms with van der Waals surface area (Å²) in [7, 11) is 0. The summed E-state index contributed by atoms with van der Waals surface area (Å²) >= 11 is 0. The molecule has 1 fully saturated rings. The van der Waals surface area contributed by atoms with Gasteiger partial charge in [-0.1, -0.05) is 13.3 Å². The molecule has 1 saturated heterocycles. The smallest absolute Gasteiger partial charge is 0.326 e. The van der Waals surface area contributed by atoms with Gasteiger partial charge in [-0.05, 0) is 24.0 Å². The van der Waals surface area contributed by atoms with Gasteiger partial charge in [0.2, 0.25) is 0 Å². The average molecular weight is 253 g/mol. The number of rotatable bonds is 3. The summed E-state index contributed by atoms with van der Waals surface area (Å²) in [4.78, 5) is 24.6. The fraction of sp³-hybridized carbons (Fsp3) is 0.700. The summed E-state index contributed by atoms with van der Waals surface area (Å²) in [6.07, 6.45) is 2.22. The van der Waals surface area contributed by atoms with E-state index < -0.39 is 17.9 Å². The third kappa shape index (κ3) is 2.31. The minimum absolute atomic E-state index is 0.0869. The molecule has 1 aliphatic heterocycles. The molecule has 1 amide bonds. The average Bonchev–Trinajstić information content (AvgIpc) is 2.91. The number of H-pyrrole nitrogens is 1. The zero-order valence-electron chi connectivity index (χ0n) is 10.0. The molecule has 0 saturated carbocycles. The number of nitrogens with zero attached hydrogens (tertiary/aromatic N) is 4. The molecule has 1 aromatic heterocycles. The lowest BCUT2D eigenvalue weighted by Gasteiger charge is -2.36. The Balaban J connectivity index is 2.16. The van der Waals surface area contributed by atoms with Crippen LogP contribution in [-0.2, 0) is 4.79 Å². The molecule has 0 spiro atoms. The Morgan fingerprint density at radius 2 is 2.33 bits per heavy atom. The van der Waals surface area contributed by atoms with Crippen molar-refractivity contribution < 1.29 is 14.7 Å². The molecule has 0 aromatic carbocycles. The Morgan fingerprint density at radius 3 is 2.89 bits per heavy atom. The van der Waals surface area contributed by atoms with E-state index in [1.54, 1.807) is 0 Å². The zero-order chi connectivity index (χ0) is 13.1. The van der Waals surface area contributed by atoms with Crippen molar-refractivity contribution in [3.8, 4) is 0 Å². The molecule has 1 aromatic rings. The highest BCUT2D eigenvalue weighted by molar-refractivity contribution is 5.93. The molecule has 2 heterocycles. The molecule has 18 heavy (non-hydrogen) atoms. The van der Waals surface area contributed by atoms with E-state index in [0.29, 0.717) is 18.9 Å². The number of hydrogen-bond acceptors (Lipinski definition) is 5. The van der Waals surface area contributed by atoms with E-state index in [2.05, 4.69) is 20.6 Å². The van der Waals surface area contributed by atoms with Gasteiger partial charge >= 0.3 is 5.97 Å². The summed E-state index contributed by atoms with van der Waals surface area (Å²) in [5, 5.41) is 21.9. The second-order valence-corrected chi connectivity index (χ2v) is 4.39. The van der Waals surface area contributed by atoms with Crippen LogP contribution in [0.25, 0.3) is 0 Å². The number of tetrazole rings is 1. The van der Waals surface area contributed by atoms with Crippen molar-refractivity contribution in [2.75, 3.05) is 6.54 Å². The molecule has 98 valence electrons. The number of piperidine rings is 1. The van der Waals surface area contributed by atoms with Crippen LogP contribution in [0.2, 0.25) is 0 Å². The molecule has 1 aliphatic rings. The minimum Gasteiger partial charge on any atom is -0.480 e. The first-order valence-corrected chi connectivity index (χ1v) is 5.90. The molecule has 2 unspecified atom stereocenters. The number of carboxylic acid groups (broad SMARTS) is 1. The van der Waals surface area contributed by atoms with Gasteiger partial charge in [-0.15, -0.1) is 10.2 Å². The van der Waals surface area contributed by atoms with Crippen LogP contribution in [0.3, 0.4) is 0 Å². The Hall–Kier alpha value is -1.99. The van der Waals surface area contributed by atoms with Crippen molar-refractivity contribution in [3.05, 3.63) is 5.82 Å². The number of likely N-dealkylation sites (tertiary alicyclic amines) is 1. The molecule has 0 aliphatic carbocycles. The third-order valence-corrected chi connectivity index (χ3v) is 3.37. The van der Waals surface area contributed by atoms with Crippen LogP contribution in [0, 0.1) is 5.92 Å². The number of aromatic amines is 1. The molecule has 2 atom stereocenters. The van der Waals surface area contributed by atoms with E-state index in [1.807, 2.05) is 6.92 Å². The maximum absolute atomic E-state index is 12.0. The van der Waals surface area contributed by atoms with E-state index in [0.717, 1.165) is 12.8 Å². The summed E-state index contributed by atoms with van der Waals surface area (Å²) in [6.45, 7) is 2.45. The van der Waals surface area contributed by atoms with Gasteiger partial charge in [-0.3, -0.25) is 4.79 Å². The number of aliphatic carboxylic acids is 1. The van der Waals surface area contributed by atoms with Crippen molar-refractivity contribution in [3.63, 3.8) is 0 Å². The van der Waals surface area contributed by atoms with Gasteiger partial charge in [-0.25, -0.2) is 4.79 Å². The number of carboxylic acids is 1. The van der Waals surface area contributed by atoms with E-state index in [9.17, 15) is 14.7 Å². The van der Waals surface area contributed by atoms with E-state index in [4.69, 9.17) is 0 Å². The van der Waals surface area contributed by atoms with Crippen molar-refractivity contribution in [2.24, 2.45) is 5.92 Å². The number of hydrogen-bond donors (Lipinski definition) is 2. The van der Waals surface area contributed by atoms with Crippen molar-refractivity contribution in [1.82, 2.24) is 25.5 Å². The largest absolute Gasteiger partial charge is 0.480 e. The van der Waals surface area contributed by atoms with Gasteiger partial charge in [-0.2, -0.15) is 5.21 Å². The van der Waals surface area contributed by atoms with E-state index in [-0.39, 0.29) is 5.82 Å². The lowest BCUT2D eigenvalue weighted by atomic mass is 9.89. The molecular weight excluding hydrogens is 238 g/mol. The predicted molar refractivity (Wildman–Crippen MR) is 59.7 cm³/mol. The molecule has 2 rings (SSSR count). The van der Waals surface area contributed by atoms with Crippen molar-refractivity contribution in [2.45, 2.75) is 32.2 Å². The van der Waals surface area contributed by atoms with Gasteiger partial charge in [0.25, 0.3) is 11.7 Å².